The number of carbonyl (C=O) groups excluding carboxylic acids is 3. The number of epoxide rings is 1. The van der Waals surface area contributed by atoms with Crippen LogP contribution in [0.1, 0.15) is 61.3 Å². The Labute approximate surface area is 234 Å². The molecule has 0 spiro atoms. The van der Waals surface area contributed by atoms with Gasteiger partial charge in [-0.15, -0.1) is 0 Å². The maximum absolute atomic E-state index is 13.4. The van der Waals surface area contributed by atoms with Gasteiger partial charge in [0.05, 0.1) is 24.2 Å². The highest BCUT2D eigenvalue weighted by atomic mass is 16.7. The average molecular weight is 563 g/mol. The molecule has 0 bridgehead atoms. The number of ketones is 1. The molecule has 40 heavy (non-hydrogen) atoms. The molecule has 12 unspecified atom stereocenters. The molecule has 4 fully saturated rings. The second kappa shape index (κ2) is 8.94. The quantitative estimate of drug-likeness (QED) is 0.202. The number of hydrogen-bond donors (Lipinski definition) is 4. The van der Waals surface area contributed by atoms with E-state index in [9.17, 15) is 34.8 Å². The normalized spacial score (nSPS) is 48.6. The minimum Gasteiger partial charge on any atom is -0.455 e. The summed E-state index contributed by atoms with van der Waals surface area (Å²) in [6.07, 6.45) is 1.54. The largest absolute Gasteiger partial charge is 0.455 e. The van der Waals surface area contributed by atoms with E-state index < -0.39 is 100 Å². The van der Waals surface area contributed by atoms with Crippen LogP contribution in [0, 0.1) is 35.0 Å². The Bertz CT molecular complexity index is 1190. The van der Waals surface area contributed by atoms with Gasteiger partial charge in [-0.3, -0.25) is 9.59 Å². The lowest BCUT2D eigenvalue weighted by Gasteiger charge is -2.54. The van der Waals surface area contributed by atoms with E-state index in [1.165, 1.54) is 19.1 Å². The summed E-state index contributed by atoms with van der Waals surface area (Å²) >= 11 is 0. The highest BCUT2D eigenvalue weighted by molar-refractivity contribution is 6.05. The van der Waals surface area contributed by atoms with Crippen molar-refractivity contribution in [1.82, 2.24) is 0 Å². The van der Waals surface area contributed by atoms with Crippen molar-refractivity contribution in [2.24, 2.45) is 35.0 Å². The number of fused-ring (bicyclic) bond motifs is 7. The monoisotopic (exact) mass is 562 g/mol. The second-order valence-corrected chi connectivity index (χ2v) is 13.1. The molecular weight excluding hydrogens is 520 g/mol. The highest BCUT2D eigenvalue weighted by Crippen LogP contribution is 2.79. The topological polar surface area (TPSA) is 163 Å². The Morgan fingerprint density at radius 2 is 1.88 bits per heavy atom. The van der Waals surface area contributed by atoms with Crippen LogP contribution in [0.5, 0.6) is 0 Å². The van der Waals surface area contributed by atoms with Gasteiger partial charge in [0.2, 0.25) is 0 Å². The number of esters is 2. The van der Waals surface area contributed by atoms with Gasteiger partial charge in [-0.25, -0.2) is 4.79 Å². The number of Topliss-reactive ketones (excluding diaryl/α,β-unsaturated/α-hetero) is 1. The molecule has 3 saturated carbocycles. The molecule has 10 heteroatoms. The molecule has 1 heterocycles. The van der Waals surface area contributed by atoms with Crippen LogP contribution in [0.3, 0.4) is 0 Å². The predicted molar refractivity (Wildman–Crippen MR) is 140 cm³/mol. The van der Waals surface area contributed by atoms with E-state index in [4.69, 9.17) is 14.2 Å². The standard InChI is InChI=1S/C30H42O10/c1-8-10-11-18(32)38-23-16(5)28(36)17-12-15(4)21(33)29(17,37)25-27(13-31,40-25)22(34)19(28)20-26(6,7)30(20,23)39-24(35)14(3)9-2/h10-12,14,16-17,19-20,22-23,25,31,34,36-37H,8-9,13H2,1-7H3/b11-10+. The molecular formula is C30H42O10. The van der Waals surface area contributed by atoms with Gasteiger partial charge >= 0.3 is 11.9 Å². The second-order valence-electron chi connectivity index (χ2n) is 13.1. The van der Waals surface area contributed by atoms with E-state index >= 15 is 0 Å². The maximum Gasteiger partial charge on any atom is 0.330 e. The van der Waals surface area contributed by atoms with Crippen LogP contribution in [0.25, 0.3) is 0 Å². The van der Waals surface area contributed by atoms with Crippen molar-refractivity contribution in [1.29, 1.82) is 0 Å². The van der Waals surface area contributed by atoms with Crippen LogP contribution in [-0.4, -0.2) is 85.5 Å². The third-order valence-corrected chi connectivity index (χ3v) is 11.0. The molecule has 4 aliphatic carbocycles. The number of ether oxygens (including phenoxy) is 3. The summed E-state index contributed by atoms with van der Waals surface area (Å²) in [5.74, 6) is -6.43. The van der Waals surface area contributed by atoms with Gasteiger partial charge < -0.3 is 34.6 Å². The Morgan fingerprint density at radius 3 is 2.45 bits per heavy atom. The third kappa shape index (κ3) is 3.25. The molecule has 222 valence electrons. The fourth-order valence-electron chi connectivity index (χ4n) is 8.49. The molecule has 0 aromatic rings. The van der Waals surface area contributed by atoms with Gasteiger partial charge in [0.25, 0.3) is 0 Å². The number of rotatable bonds is 7. The lowest BCUT2D eigenvalue weighted by atomic mass is 9.58. The first kappa shape index (κ1) is 29.4. The Kier molecular flexibility index (Phi) is 6.57. The molecule has 0 aromatic carbocycles. The number of carbonyl (C=O) groups is 3. The van der Waals surface area contributed by atoms with E-state index in [1.54, 1.807) is 19.9 Å². The number of hydrogen-bond acceptors (Lipinski definition) is 10. The Hall–Kier alpha value is -2.11. The summed E-state index contributed by atoms with van der Waals surface area (Å²) in [5.41, 5.74) is -8.08. The van der Waals surface area contributed by atoms with Crippen LogP contribution < -0.4 is 0 Å². The van der Waals surface area contributed by atoms with Gasteiger partial charge in [-0.05, 0) is 25.3 Å². The van der Waals surface area contributed by atoms with Gasteiger partial charge in [0.1, 0.15) is 17.8 Å². The molecule has 0 amide bonds. The SMILES string of the molecule is CC/C=C/C(=O)OC1C(C)C2(O)C(C(O)C3(CO)OC3C3(O)C(=O)C(C)=CC32)C2C(C)(C)C12OC(=O)C(C)CC. The summed E-state index contributed by atoms with van der Waals surface area (Å²) in [5, 5.41) is 47.2. The summed E-state index contributed by atoms with van der Waals surface area (Å²) < 4.78 is 18.1. The minimum absolute atomic E-state index is 0.222. The smallest absolute Gasteiger partial charge is 0.330 e. The van der Waals surface area contributed by atoms with Gasteiger partial charge in [-0.2, -0.15) is 0 Å². The minimum atomic E-state index is -2.26. The third-order valence-electron chi connectivity index (χ3n) is 11.0. The van der Waals surface area contributed by atoms with Crippen molar-refractivity contribution in [2.75, 3.05) is 6.61 Å². The van der Waals surface area contributed by atoms with Crippen molar-refractivity contribution in [3.8, 4) is 0 Å². The van der Waals surface area contributed by atoms with Crippen LogP contribution in [0.4, 0.5) is 0 Å². The maximum atomic E-state index is 13.4. The van der Waals surface area contributed by atoms with Gasteiger partial charge in [-0.1, -0.05) is 53.7 Å². The first-order valence-electron chi connectivity index (χ1n) is 14.3. The summed E-state index contributed by atoms with van der Waals surface area (Å²) in [7, 11) is 0. The van der Waals surface area contributed by atoms with E-state index in [2.05, 4.69) is 0 Å². The van der Waals surface area contributed by atoms with Gasteiger partial charge in [0.15, 0.2) is 17.0 Å². The van der Waals surface area contributed by atoms with Crippen molar-refractivity contribution in [2.45, 2.75) is 102 Å². The van der Waals surface area contributed by atoms with E-state index in [-0.39, 0.29) is 5.57 Å². The summed E-state index contributed by atoms with van der Waals surface area (Å²) in [6, 6.07) is 0. The molecule has 1 aliphatic heterocycles. The molecule has 0 aromatic heterocycles. The fraction of sp³-hybridized carbons (Fsp3) is 0.767. The first-order valence-corrected chi connectivity index (χ1v) is 14.3. The molecule has 4 N–H and O–H groups in total. The molecule has 5 aliphatic rings. The zero-order valence-corrected chi connectivity index (χ0v) is 24.2. The van der Waals surface area contributed by atoms with E-state index in [0.717, 1.165) is 0 Å². The molecule has 12 atom stereocenters. The van der Waals surface area contributed by atoms with E-state index in [0.29, 0.717) is 12.8 Å². The number of aliphatic hydroxyl groups is 4. The van der Waals surface area contributed by atoms with E-state index in [1.807, 2.05) is 27.7 Å². The number of allylic oxidation sites excluding steroid dienone is 1. The highest BCUT2D eigenvalue weighted by Gasteiger charge is 2.92. The van der Waals surface area contributed by atoms with Gasteiger partial charge in [0, 0.05) is 35.2 Å². The predicted octanol–water partition coefficient (Wildman–Crippen LogP) is 1.23. The molecule has 10 nitrogen and oxygen atoms in total. The van der Waals surface area contributed by atoms with Crippen LogP contribution in [0.15, 0.2) is 23.8 Å². The summed E-state index contributed by atoms with van der Waals surface area (Å²) in [6.45, 7) is 11.6. The van der Waals surface area contributed by atoms with Crippen molar-refractivity contribution >= 4 is 17.7 Å². The number of aliphatic hydroxyl groups excluding tert-OH is 2. The molecule has 1 saturated heterocycles. The zero-order valence-electron chi connectivity index (χ0n) is 24.2. The molecule has 0 radical (unpaired) electrons. The van der Waals surface area contributed by atoms with Crippen LogP contribution >= 0.6 is 0 Å². The Balaban J connectivity index is 1.72. The van der Waals surface area contributed by atoms with Crippen LogP contribution in [-0.2, 0) is 28.6 Å². The lowest BCUT2D eigenvalue weighted by Crippen LogP contribution is -2.69. The summed E-state index contributed by atoms with van der Waals surface area (Å²) in [4.78, 5) is 39.7. The van der Waals surface area contributed by atoms with Crippen molar-refractivity contribution in [3.05, 3.63) is 23.8 Å². The average Bonchev–Trinajstić information content (AvgIpc) is 3.75. The molecule has 5 rings (SSSR count). The van der Waals surface area contributed by atoms with Crippen LogP contribution in [0.2, 0.25) is 0 Å². The Morgan fingerprint density at radius 1 is 1.23 bits per heavy atom. The van der Waals surface area contributed by atoms with Crippen molar-refractivity contribution in [3.63, 3.8) is 0 Å². The fourth-order valence-corrected chi connectivity index (χ4v) is 8.49. The first-order chi connectivity index (χ1) is 18.6. The van der Waals surface area contributed by atoms with Crippen molar-refractivity contribution < 1.29 is 49.0 Å². The lowest BCUT2D eigenvalue weighted by molar-refractivity contribution is -0.250. The zero-order chi connectivity index (χ0) is 29.8.